The molecule has 2 aromatic carbocycles. The summed E-state index contributed by atoms with van der Waals surface area (Å²) in [5.41, 5.74) is 5.01. The summed E-state index contributed by atoms with van der Waals surface area (Å²) in [6, 6.07) is 19.4. The molecule has 0 bridgehead atoms. The Balaban J connectivity index is 0.000000154. The summed E-state index contributed by atoms with van der Waals surface area (Å²) in [4.78, 5) is 4.26. The van der Waals surface area contributed by atoms with Gasteiger partial charge >= 0.3 is 0 Å². The molecule has 0 aliphatic heterocycles. The fourth-order valence-corrected chi connectivity index (χ4v) is 5.36. The van der Waals surface area contributed by atoms with Gasteiger partial charge in [-0.2, -0.15) is 0 Å². The van der Waals surface area contributed by atoms with E-state index in [2.05, 4.69) is 70.9 Å². The van der Waals surface area contributed by atoms with Crippen molar-refractivity contribution < 1.29 is 5.11 Å². The summed E-state index contributed by atoms with van der Waals surface area (Å²) >= 11 is 0. The van der Waals surface area contributed by atoms with Crippen molar-refractivity contribution in [3.8, 4) is 0 Å². The number of benzene rings is 2. The van der Waals surface area contributed by atoms with E-state index in [9.17, 15) is 5.11 Å². The van der Waals surface area contributed by atoms with Gasteiger partial charge in [-0.05, 0) is 71.9 Å². The molecule has 1 unspecified atom stereocenters. The standard InChI is InChI=1S/C17H22N2O.C12H12/c20-17(13-4-2-1-3-5-13)16-15(12-6-7-12)9-8-14-10-18-11-19(14)16;1-2-10-7-5-8-11-6-3-4-9-12(10)11/h8-13,17,20H,1-7H2;3-9H,2H2,1H3. The van der Waals surface area contributed by atoms with Crippen LogP contribution in [0.15, 0.2) is 67.1 Å². The average Bonchev–Trinajstić information content (AvgIpc) is 3.60. The zero-order chi connectivity index (χ0) is 21.9. The van der Waals surface area contributed by atoms with Crippen molar-refractivity contribution >= 4 is 16.3 Å². The Morgan fingerprint density at radius 2 is 1.72 bits per heavy atom. The summed E-state index contributed by atoms with van der Waals surface area (Å²) in [7, 11) is 0. The molecule has 3 nitrogen and oxygen atoms in total. The zero-order valence-electron chi connectivity index (χ0n) is 19.1. The second-order valence-electron chi connectivity index (χ2n) is 9.47. The van der Waals surface area contributed by atoms with Gasteiger partial charge in [-0.1, -0.05) is 74.7 Å². The van der Waals surface area contributed by atoms with Gasteiger partial charge in [0, 0.05) is 0 Å². The van der Waals surface area contributed by atoms with Crippen molar-refractivity contribution in [2.24, 2.45) is 5.92 Å². The summed E-state index contributed by atoms with van der Waals surface area (Å²) in [5.74, 6) is 1.09. The molecule has 0 saturated heterocycles. The predicted octanol–water partition coefficient (Wildman–Crippen LogP) is 7.23. The van der Waals surface area contributed by atoms with E-state index in [1.54, 1.807) is 0 Å². The van der Waals surface area contributed by atoms with Crippen molar-refractivity contribution in [2.45, 2.75) is 70.3 Å². The van der Waals surface area contributed by atoms with Gasteiger partial charge in [-0.25, -0.2) is 4.98 Å². The zero-order valence-corrected chi connectivity index (χ0v) is 19.1. The molecule has 1 N–H and O–H groups in total. The lowest BCUT2D eigenvalue weighted by Gasteiger charge is -2.28. The van der Waals surface area contributed by atoms with E-state index in [-0.39, 0.29) is 6.10 Å². The van der Waals surface area contributed by atoms with Crippen LogP contribution >= 0.6 is 0 Å². The summed E-state index contributed by atoms with van der Waals surface area (Å²) in [6.45, 7) is 2.20. The van der Waals surface area contributed by atoms with E-state index in [1.165, 1.54) is 54.0 Å². The summed E-state index contributed by atoms with van der Waals surface area (Å²) < 4.78 is 2.12. The van der Waals surface area contributed by atoms with Gasteiger partial charge < -0.3 is 9.51 Å². The first-order valence-electron chi connectivity index (χ1n) is 12.4. The van der Waals surface area contributed by atoms with E-state index in [0.717, 1.165) is 30.5 Å². The van der Waals surface area contributed by atoms with E-state index in [1.807, 2.05) is 12.5 Å². The molecule has 0 radical (unpaired) electrons. The maximum atomic E-state index is 11.0. The van der Waals surface area contributed by atoms with Crippen molar-refractivity contribution in [3.05, 3.63) is 83.9 Å². The van der Waals surface area contributed by atoms with Crippen molar-refractivity contribution in [1.29, 1.82) is 0 Å². The molecule has 32 heavy (non-hydrogen) atoms. The molecule has 2 aliphatic rings. The number of aliphatic hydroxyl groups is 1. The molecule has 166 valence electrons. The second-order valence-corrected chi connectivity index (χ2v) is 9.47. The van der Waals surface area contributed by atoms with Crippen LogP contribution in [0.3, 0.4) is 0 Å². The maximum Gasteiger partial charge on any atom is 0.0995 e. The van der Waals surface area contributed by atoms with Crippen molar-refractivity contribution in [1.82, 2.24) is 9.38 Å². The molecule has 0 spiro atoms. The minimum atomic E-state index is -0.330. The van der Waals surface area contributed by atoms with E-state index in [0.29, 0.717) is 11.8 Å². The Bertz CT molecular complexity index is 1180. The first-order chi connectivity index (χ1) is 15.8. The molecule has 2 saturated carbocycles. The number of nitrogens with zero attached hydrogens (tertiary/aromatic N) is 2. The van der Waals surface area contributed by atoms with Crippen LogP contribution in [-0.4, -0.2) is 14.5 Å². The summed E-state index contributed by atoms with van der Waals surface area (Å²) in [5, 5.41) is 13.7. The minimum absolute atomic E-state index is 0.330. The minimum Gasteiger partial charge on any atom is -0.387 e. The van der Waals surface area contributed by atoms with Gasteiger partial charge in [-0.15, -0.1) is 0 Å². The Hall–Kier alpha value is -2.65. The Morgan fingerprint density at radius 1 is 0.938 bits per heavy atom. The van der Waals surface area contributed by atoms with Crippen LogP contribution in [0.25, 0.3) is 16.3 Å². The molecular weight excluding hydrogens is 392 g/mol. The lowest BCUT2D eigenvalue weighted by atomic mass is 9.82. The average molecular weight is 427 g/mol. The molecule has 2 aromatic heterocycles. The number of pyridine rings is 1. The molecule has 2 heterocycles. The van der Waals surface area contributed by atoms with Crippen LogP contribution in [0.1, 0.15) is 80.7 Å². The number of aliphatic hydroxyl groups excluding tert-OH is 1. The Morgan fingerprint density at radius 3 is 2.50 bits per heavy atom. The van der Waals surface area contributed by atoms with Crippen LogP contribution in [0.2, 0.25) is 0 Å². The number of rotatable bonds is 4. The highest BCUT2D eigenvalue weighted by molar-refractivity contribution is 5.85. The lowest BCUT2D eigenvalue weighted by Crippen LogP contribution is -2.19. The summed E-state index contributed by atoms with van der Waals surface area (Å²) in [6.07, 6.45) is 13.2. The normalized spacial score (nSPS) is 17.8. The molecule has 2 aliphatic carbocycles. The van der Waals surface area contributed by atoms with Gasteiger partial charge in [0.15, 0.2) is 0 Å². The highest BCUT2D eigenvalue weighted by Crippen LogP contribution is 2.45. The first kappa shape index (κ1) is 21.2. The predicted molar refractivity (Wildman–Crippen MR) is 132 cm³/mol. The smallest absolute Gasteiger partial charge is 0.0995 e. The third-order valence-corrected chi connectivity index (χ3v) is 7.31. The van der Waals surface area contributed by atoms with Crippen LogP contribution in [-0.2, 0) is 6.42 Å². The fourth-order valence-electron chi connectivity index (χ4n) is 5.36. The molecular formula is C29H34N2O. The Labute approximate surface area is 191 Å². The van der Waals surface area contributed by atoms with Crippen molar-refractivity contribution in [2.75, 3.05) is 0 Å². The topological polar surface area (TPSA) is 37.5 Å². The van der Waals surface area contributed by atoms with Gasteiger partial charge in [0.2, 0.25) is 0 Å². The van der Waals surface area contributed by atoms with E-state index in [4.69, 9.17) is 0 Å². The van der Waals surface area contributed by atoms with Crippen LogP contribution in [0.4, 0.5) is 0 Å². The van der Waals surface area contributed by atoms with E-state index >= 15 is 0 Å². The third-order valence-electron chi connectivity index (χ3n) is 7.31. The highest BCUT2D eigenvalue weighted by atomic mass is 16.3. The van der Waals surface area contributed by atoms with Crippen molar-refractivity contribution in [3.63, 3.8) is 0 Å². The number of aromatic nitrogens is 2. The molecule has 4 aromatic rings. The van der Waals surface area contributed by atoms with Crippen LogP contribution in [0, 0.1) is 5.92 Å². The molecule has 1 atom stereocenters. The van der Waals surface area contributed by atoms with Gasteiger partial charge in [-0.3, -0.25) is 0 Å². The Kier molecular flexibility index (Phi) is 6.27. The lowest BCUT2D eigenvalue weighted by molar-refractivity contribution is 0.0793. The molecule has 6 rings (SSSR count). The highest BCUT2D eigenvalue weighted by Gasteiger charge is 2.32. The van der Waals surface area contributed by atoms with E-state index < -0.39 is 0 Å². The molecule has 2 fully saturated rings. The number of imidazole rings is 1. The molecule has 3 heteroatoms. The maximum absolute atomic E-state index is 11.0. The number of fused-ring (bicyclic) bond motifs is 2. The fraction of sp³-hybridized carbons (Fsp3) is 0.414. The van der Waals surface area contributed by atoms with Crippen LogP contribution < -0.4 is 0 Å². The number of hydrogen-bond acceptors (Lipinski definition) is 2. The third kappa shape index (κ3) is 4.31. The monoisotopic (exact) mass is 426 g/mol. The van der Waals surface area contributed by atoms with Gasteiger partial charge in [0.25, 0.3) is 0 Å². The largest absolute Gasteiger partial charge is 0.387 e. The number of hydrogen-bond donors (Lipinski definition) is 1. The van der Waals surface area contributed by atoms with Gasteiger partial charge in [0.1, 0.15) is 0 Å². The SMILES string of the molecule is CCc1cccc2ccccc12.OC(c1c(C2CC2)ccc2cncn12)C1CCCCC1. The van der Waals surface area contributed by atoms with Crippen LogP contribution in [0.5, 0.6) is 0 Å². The second kappa shape index (κ2) is 9.46. The number of aryl methyl sites for hydroxylation is 1. The first-order valence-corrected chi connectivity index (χ1v) is 12.4. The molecule has 0 amide bonds. The van der Waals surface area contributed by atoms with Gasteiger partial charge in [0.05, 0.1) is 29.8 Å². The quantitative estimate of drug-likeness (QED) is 0.374.